The SMILES string of the molecule is COC1(C(N)Cc2c(F)ccc(Br)c2F)CCC(C)CC1. The summed E-state index contributed by atoms with van der Waals surface area (Å²) in [5.41, 5.74) is 5.84. The molecule has 0 radical (unpaired) electrons. The van der Waals surface area contributed by atoms with Gasteiger partial charge in [0.05, 0.1) is 10.1 Å². The van der Waals surface area contributed by atoms with Crippen LogP contribution in [0.15, 0.2) is 16.6 Å². The fraction of sp³-hybridized carbons (Fsp3) is 0.625. The molecular weight excluding hydrogens is 340 g/mol. The molecule has 118 valence electrons. The molecule has 1 aromatic rings. The largest absolute Gasteiger partial charge is 0.377 e. The monoisotopic (exact) mass is 361 g/mol. The molecule has 1 aliphatic rings. The third kappa shape index (κ3) is 3.46. The van der Waals surface area contributed by atoms with Crippen molar-refractivity contribution in [2.45, 2.75) is 50.7 Å². The first-order chi connectivity index (χ1) is 9.89. The number of hydrogen-bond acceptors (Lipinski definition) is 2. The van der Waals surface area contributed by atoms with E-state index in [1.165, 1.54) is 12.1 Å². The van der Waals surface area contributed by atoms with Gasteiger partial charge in [0, 0.05) is 18.7 Å². The summed E-state index contributed by atoms with van der Waals surface area (Å²) in [5.74, 6) is -0.470. The van der Waals surface area contributed by atoms with Gasteiger partial charge < -0.3 is 10.5 Å². The predicted octanol–water partition coefficient (Wildman–Crippen LogP) is 4.19. The van der Waals surface area contributed by atoms with E-state index in [0.717, 1.165) is 25.7 Å². The maximum atomic E-state index is 14.1. The summed E-state index contributed by atoms with van der Waals surface area (Å²) in [4.78, 5) is 0. The average Bonchev–Trinajstić information content (AvgIpc) is 2.48. The van der Waals surface area contributed by atoms with Crippen molar-refractivity contribution in [3.8, 4) is 0 Å². The van der Waals surface area contributed by atoms with Crippen molar-refractivity contribution in [3.05, 3.63) is 33.8 Å². The number of halogens is 3. The van der Waals surface area contributed by atoms with Crippen LogP contribution in [0.5, 0.6) is 0 Å². The summed E-state index contributed by atoms with van der Waals surface area (Å²) < 4.78 is 33.9. The molecular formula is C16H22BrF2NO. The molecule has 21 heavy (non-hydrogen) atoms. The fourth-order valence-electron chi connectivity index (χ4n) is 3.14. The Labute approximate surface area is 133 Å². The first-order valence-electron chi connectivity index (χ1n) is 7.32. The lowest BCUT2D eigenvalue weighted by Crippen LogP contribution is -2.52. The normalized spacial score (nSPS) is 27.6. The standard InChI is InChI=1S/C16H22BrF2NO/c1-10-5-7-16(21-2,8-6-10)14(20)9-11-13(18)4-3-12(17)15(11)19/h3-4,10,14H,5-9,20H2,1-2H3. The quantitative estimate of drug-likeness (QED) is 0.815. The van der Waals surface area contributed by atoms with Gasteiger partial charge in [-0.3, -0.25) is 0 Å². The van der Waals surface area contributed by atoms with Crippen molar-refractivity contribution in [2.24, 2.45) is 11.7 Å². The highest BCUT2D eigenvalue weighted by Gasteiger charge is 2.40. The zero-order valence-electron chi connectivity index (χ0n) is 12.5. The van der Waals surface area contributed by atoms with E-state index >= 15 is 0 Å². The summed E-state index contributed by atoms with van der Waals surface area (Å²) in [5, 5.41) is 0. The second-order valence-electron chi connectivity index (χ2n) is 6.08. The lowest BCUT2D eigenvalue weighted by atomic mass is 9.74. The van der Waals surface area contributed by atoms with Crippen LogP contribution in [0.1, 0.15) is 38.2 Å². The topological polar surface area (TPSA) is 35.2 Å². The highest BCUT2D eigenvalue weighted by atomic mass is 79.9. The van der Waals surface area contributed by atoms with E-state index in [1.807, 2.05) is 0 Å². The highest BCUT2D eigenvalue weighted by Crippen LogP contribution is 2.37. The van der Waals surface area contributed by atoms with E-state index in [2.05, 4.69) is 22.9 Å². The molecule has 0 spiro atoms. The van der Waals surface area contributed by atoms with Crippen molar-refractivity contribution in [1.29, 1.82) is 0 Å². The molecule has 2 nitrogen and oxygen atoms in total. The second kappa shape index (κ2) is 6.71. The van der Waals surface area contributed by atoms with Gasteiger partial charge in [-0.1, -0.05) is 6.92 Å². The van der Waals surface area contributed by atoms with Crippen LogP contribution in [0, 0.1) is 17.6 Å². The Hall–Kier alpha value is -0.520. The summed E-state index contributed by atoms with van der Waals surface area (Å²) >= 11 is 3.09. The van der Waals surface area contributed by atoms with E-state index < -0.39 is 23.3 Å². The minimum atomic E-state index is -0.569. The molecule has 0 heterocycles. The molecule has 0 aromatic heterocycles. The maximum absolute atomic E-state index is 14.1. The average molecular weight is 362 g/mol. The van der Waals surface area contributed by atoms with E-state index in [0.29, 0.717) is 5.92 Å². The molecule has 0 saturated heterocycles. The Balaban J connectivity index is 2.20. The van der Waals surface area contributed by atoms with E-state index in [9.17, 15) is 8.78 Å². The molecule has 1 fully saturated rings. The van der Waals surface area contributed by atoms with E-state index in [4.69, 9.17) is 10.5 Å². The van der Waals surface area contributed by atoms with Crippen molar-refractivity contribution in [2.75, 3.05) is 7.11 Å². The zero-order chi connectivity index (χ0) is 15.6. The van der Waals surface area contributed by atoms with Crippen LogP contribution in [-0.4, -0.2) is 18.8 Å². The van der Waals surface area contributed by atoms with E-state index in [1.54, 1.807) is 7.11 Å². The van der Waals surface area contributed by atoms with E-state index in [-0.39, 0.29) is 16.5 Å². The third-order valence-electron chi connectivity index (χ3n) is 4.77. The Kier molecular flexibility index (Phi) is 5.38. The summed E-state index contributed by atoms with van der Waals surface area (Å²) in [6, 6.07) is 2.21. The first-order valence-corrected chi connectivity index (χ1v) is 8.12. The van der Waals surface area contributed by atoms with Gasteiger partial charge in [-0.15, -0.1) is 0 Å². The molecule has 1 aromatic carbocycles. The fourth-order valence-corrected chi connectivity index (χ4v) is 3.51. The Bertz CT molecular complexity index is 501. The number of methoxy groups -OCH3 is 1. The Morgan fingerprint density at radius 3 is 2.57 bits per heavy atom. The van der Waals surface area contributed by atoms with Crippen LogP contribution in [0.2, 0.25) is 0 Å². The molecule has 0 bridgehead atoms. The third-order valence-corrected chi connectivity index (χ3v) is 5.38. The van der Waals surface area contributed by atoms with Crippen LogP contribution in [-0.2, 0) is 11.2 Å². The van der Waals surface area contributed by atoms with Gasteiger partial charge in [-0.25, -0.2) is 8.78 Å². The summed E-state index contributed by atoms with van der Waals surface area (Å²) in [7, 11) is 1.64. The number of nitrogens with two attached hydrogens (primary N) is 1. The Morgan fingerprint density at radius 1 is 1.38 bits per heavy atom. The van der Waals surface area contributed by atoms with Crippen LogP contribution in [0.25, 0.3) is 0 Å². The molecule has 1 aliphatic carbocycles. The van der Waals surface area contributed by atoms with Gasteiger partial charge in [0.15, 0.2) is 0 Å². The lowest BCUT2D eigenvalue weighted by molar-refractivity contribution is -0.0661. The van der Waals surface area contributed by atoms with Crippen LogP contribution >= 0.6 is 15.9 Å². The van der Waals surface area contributed by atoms with Crippen LogP contribution < -0.4 is 5.73 Å². The number of ether oxygens (including phenoxy) is 1. The molecule has 0 aliphatic heterocycles. The van der Waals surface area contributed by atoms with Crippen LogP contribution in [0.4, 0.5) is 8.78 Å². The molecule has 1 atom stereocenters. The van der Waals surface area contributed by atoms with Crippen LogP contribution in [0.3, 0.4) is 0 Å². The second-order valence-corrected chi connectivity index (χ2v) is 6.94. The van der Waals surface area contributed by atoms with Gasteiger partial charge in [0.1, 0.15) is 11.6 Å². The molecule has 2 N–H and O–H groups in total. The highest BCUT2D eigenvalue weighted by molar-refractivity contribution is 9.10. The molecule has 2 rings (SSSR count). The minimum absolute atomic E-state index is 0.0342. The molecule has 5 heteroatoms. The maximum Gasteiger partial charge on any atom is 0.143 e. The molecule has 0 amide bonds. The van der Waals surface area contributed by atoms with Gasteiger partial charge in [0.2, 0.25) is 0 Å². The smallest absolute Gasteiger partial charge is 0.143 e. The minimum Gasteiger partial charge on any atom is -0.377 e. The number of rotatable bonds is 4. The Morgan fingerprint density at radius 2 is 2.00 bits per heavy atom. The number of benzene rings is 1. The van der Waals surface area contributed by atoms with Crippen molar-refractivity contribution >= 4 is 15.9 Å². The van der Waals surface area contributed by atoms with Gasteiger partial charge >= 0.3 is 0 Å². The lowest BCUT2D eigenvalue weighted by Gasteiger charge is -2.42. The van der Waals surface area contributed by atoms with Crippen molar-refractivity contribution < 1.29 is 13.5 Å². The first kappa shape index (κ1) is 16.8. The zero-order valence-corrected chi connectivity index (χ0v) is 14.1. The van der Waals surface area contributed by atoms with Gasteiger partial charge in [-0.2, -0.15) is 0 Å². The number of hydrogen-bond donors (Lipinski definition) is 1. The predicted molar refractivity (Wildman–Crippen MR) is 83.1 cm³/mol. The van der Waals surface area contributed by atoms with Crippen molar-refractivity contribution in [3.63, 3.8) is 0 Å². The van der Waals surface area contributed by atoms with Crippen molar-refractivity contribution in [1.82, 2.24) is 0 Å². The summed E-state index contributed by atoms with van der Waals surface area (Å²) in [6.07, 6.45) is 3.88. The summed E-state index contributed by atoms with van der Waals surface area (Å²) in [6.45, 7) is 2.21. The molecule has 1 unspecified atom stereocenters. The van der Waals surface area contributed by atoms with Gasteiger partial charge in [0.25, 0.3) is 0 Å². The van der Waals surface area contributed by atoms with Gasteiger partial charge in [-0.05, 0) is 66.1 Å². The molecule has 1 saturated carbocycles.